The molecule has 1 rings (SSSR count). The fourth-order valence-corrected chi connectivity index (χ4v) is 1.08. The van der Waals surface area contributed by atoms with E-state index in [4.69, 9.17) is 0 Å². The molecule has 0 unspecified atom stereocenters. The first-order valence-electron chi connectivity index (χ1n) is 3.29. The van der Waals surface area contributed by atoms with Gasteiger partial charge in [0.2, 0.25) is 0 Å². The third kappa shape index (κ3) is 2.87. The molecule has 1 nitrogen and oxygen atoms in total. The summed E-state index contributed by atoms with van der Waals surface area (Å²) in [6.07, 6.45) is 5.98. The van der Waals surface area contributed by atoms with Crippen LogP contribution >= 0.6 is 12.4 Å². The van der Waals surface area contributed by atoms with Gasteiger partial charge < -0.3 is 5.32 Å². The molecule has 0 aromatic carbocycles. The number of piperidine rings is 1. The van der Waals surface area contributed by atoms with Crippen LogP contribution in [0.25, 0.3) is 0 Å². The third-order valence-corrected chi connectivity index (χ3v) is 1.63. The van der Waals surface area contributed by atoms with E-state index in [-0.39, 0.29) is 12.4 Å². The summed E-state index contributed by atoms with van der Waals surface area (Å²) in [4.78, 5) is 0. The molecule has 0 saturated carbocycles. The van der Waals surface area contributed by atoms with Crippen molar-refractivity contribution in [1.29, 1.82) is 0 Å². The Labute approximate surface area is 62.9 Å². The summed E-state index contributed by atoms with van der Waals surface area (Å²) in [6.45, 7) is 4.90. The molecule has 1 saturated heterocycles. The van der Waals surface area contributed by atoms with Crippen LogP contribution in [-0.2, 0) is 0 Å². The fourth-order valence-electron chi connectivity index (χ4n) is 1.08. The molecule has 1 heterocycles. The Morgan fingerprint density at radius 1 is 1.44 bits per heavy atom. The molecule has 0 aromatic heterocycles. The quantitative estimate of drug-likeness (QED) is 0.558. The molecule has 0 aliphatic carbocycles. The van der Waals surface area contributed by atoms with Crippen LogP contribution in [0, 0.1) is 0 Å². The molecule has 1 fully saturated rings. The zero-order valence-electron chi connectivity index (χ0n) is 5.60. The van der Waals surface area contributed by atoms with E-state index in [9.17, 15) is 0 Å². The van der Waals surface area contributed by atoms with E-state index in [0.29, 0.717) is 6.04 Å². The minimum atomic E-state index is 0. The van der Waals surface area contributed by atoms with E-state index in [0.717, 1.165) is 0 Å². The topological polar surface area (TPSA) is 12.0 Å². The van der Waals surface area contributed by atoms with Crippen molar-refractivity contribution < 1.29 is 0 Å². The van der Waals surface area contributed by atoms with E-state index in [1.807, 2.05) is 6.08 Å². The Morgan fingerprint density at radius 2 is 2.22 bits per heavy atom. The second-order valence-corrected chi connectivity index (χ2v) is 2.29. The maximum Gasteiger partial charge on any atom is 0.0247 e. The highest BCUT2D eigenvalue weighted by molar-refractivity contribution is 5.85. The summed E-state index contributed by atoms with van der Waals surface area (Å²) in [7, 11) is 0. The highest BCUT2D eigenvalue weighted by Gasteiger charge is 2.06. The minimum Gasteiger partial charge on any atom is -0.311 e. The number of hydrogen-bond donors (Lipinski definition) is 1. The van der Waals surface area contributed by atoms with E-state index in [1.54, 1.807) is 0 Å². The molecule has 0 aromatic rings. The monoisotopic (exact) mass is 147 g/mol. The molecule has 0 spiro atoms. The van der Waals surface area contributed by atoms with E-state index < -0.39 is 0 Å². The SMILES string of the molecule is C=C[C@H]1CCCCN1.Cl. The lowest BCUT2D eigenvalue weighted by Crippen LogP contribution is -2.31. The van der Waals surface area contributed by atoms with Gasteiger partial charge in [-0.25, -0.2) is 0 Å². The van der Waals surface area contributed by atoms with Crippen molar-refractivity contribution in [2.45, 2.75) is 25.3 Å². The van der Waals surface area contributed by atoms with Crippen LogP contribution in [0.2, 0.25) is 0 Å². The Hall–Kier alpha value is -0.0100. The van der Waals surface area contributed by atoms with Gasteiger partial charge >= 0.3 is 0 Å². The third-order valence-electron chi connectivity index (χ3n) is 1.63. The number of halogens is 1. The van der Waals surface area contributed by atoms with Crippen LogP contribution in [-0.4, -0.2) is 12.6 Å². The van der Waals surface area contributed by atoms with E-state index >= 15 is 0 Å². The minimum absolute atomic E-state index is 0. The average molecular weight is 148 g/mol. The smallest absolute Gasteiger partial charge is 0.0247 e. The van der Waals surface area contributed by atoms with Crippen molar-refractivity contribution >= 4 is 12.4 Å². The van der Waals surface area contributed by atoms with Crippen molar-refractivity contribution in [3.63, 3.8) is 0 Å². The lowest BCUT2D eigenvalue weighted by atomic mass is 10.1. The first kappa shape index (κ1) is 8.99. The van der Waals surface area contributed by atoms with E-state index in [1.165, 1.54) is 25.8 Å². The predicted molar refractivity (Wildman–Crippen MR) is 43.1 cm³/mol. The lowest BCUT2D eigenvalue weighted by molar-refractivity contribution is 0.455. The molecular weight excluding hydrogens is 134 g/mol. The Morgan fingerprint density at radius 3 is 2.56 bits per heavy atom. The number of nitrogens with one attached hydrogen (secondary N) is 1. The number of rotatable bonds is 1. The van der Waals surface area contributed by atoms with Gasteiger partial charge in [-0.2, -0.15) is 0 Å². The average Bonchev–Trinajstić information content (AvgIpc) is 1.90. The maximum absolute atomic E-state index is 3.72. The van der Waals surface area contributed by atoms with Gasteiger partial charge in [-0.3, -0.25) is 0 Å². The summed E-state index contributed by atoms with van der Waals surface area (Å²) < 4.78 is 0. The molecule has 0 bridgehead atoms. The van der Waals surface area contributed by atoms with Gasteiger partial charge in [0, 0.05) is 6.04 Å². The van der Waals surface area contributed by atoms with Crippen LogP contribution in [0.4, 0.5) is 0 Å². The summed E-state index contributed by atoms with van der Waals surface area (Å²) in [5.41, 5.74) is 0. The zero-order chi connectivity index (χ0) is 5.82. The molecule has 1 aliphatic heterocycles. The van der Waals surface area contributed by atoms with Gasteiger partial charge in [0.15, 0.2) is 0 Å². The van der Waals surface area contributed by atoms with Crippen molar-refractivity contribution in [3.8, 4) is 0 Å². The molecule has 54 valence electrons. The fraction of sp³-hybridized carbons (Fsp3) is 0.714. The van der Waals surface area contributed by atoms with Crippen LogP contribution in [0.3, 0.4) is 0 Å². The van der Waals surface area contributed by atoms with E-state index in [2.05, 4.69) is 11.9 Å². The molecule has 1 atom stereocenters. The largest absolute Gasteiger partial charge is 0.311 e. The van der Waals surface area contributed by atoms with Gasteiger partial charge in [-0.1, -0.05) is 12.5 Å². The zero-order valence-corrected chi connectivity index (χ0v) is 6.41. The molecular formula is C7H14ClN. The van der Waals surface area contributed by atoms with Gasteiger partial charge in [0.25, 0.3) is 0 Å². The highest BCUT2D eigenvalue weighted by atomic mass is 35.5. The summed E-state index contributed by atoms with van der Waals surface area (Å²) in [6, 6.07) is 0.601. The van der Waals surface area contributed by atoms with Gasteiger partial charge in [0.05, 0.1) is 0 Å². The lowest BCUT2D eigenvalue weighted by Gasteiger charge is -2.19. The summed E-state index contributed by atoms with van der Waals surface area (Å²) in [5, 5.41) is 3.35. The van der Waals surface area contributed by atoms with Crippen LogP contribution < -0.4 is 5.32 Å². The second-order valence-electron chi connectivity index (χ2n) is 2.29. The van der Waals surface area contributed by atoms with Crippen molar-refractivity contribution in [2.24, 2.45) is 0 Å². The van der Waals surface area contributed by atoms with Crippen LogP contribution in [0.15, 0.2) is 12.7 Å². The first-order chi connectivity index (χ1) is 3.93. The molecule has 1 N–H and O–H groups in total. The summed E-state index contributed by atoms with van der Waals surface area (Å²) >= 11 is 0. The van der Waals surface area contributed by atoms with Crippen LogP contribution in [0.1, 0.15) is 19.3 Å². The maximum atomic E-state index is 3.72. The summed E-state index contributed by atoms with van der Waals surface area (Å²) in [5.74, 6) is 0. The van der Waals surface area contributed by atoms with Crippen molar-refractivity contribution in [1.82, 2.24) is 5.32 Å². The molecule has 1 aliphatic rings. The standard InChI is InChI=1S/C7H13N.ClH/c1-2-7-5-3-4-6-8-7;/h2,7-8H,1,3-6H2;1H/t7-;/m0./s1. The first-order valence-corrected chi connectivity index (χ1v) is 3.29. The van der Waals surface area contributed by atoms with Gasteiger partial charge in [0.1, 0.15) is 0 Å². The Kier molecular flexibility index (Phi) is 4.83. The molecule has 0 amide bonds. The Bertz CT molecular complexity index is 77.0. The predicted octanol–water partition coefficient (Wildman–Crippen LogP) is 1.74. The van der Waals surface area contributed by atoms with Gasteiger partial charge in [-0.05, 0) is 19.4 Å². The second kappa shape index (κ2) is 4.83. The number of hydrogen-bond acceptors (Lipinski definition) is 1. The molecule has 0 radical (unpaired) electrons. The van der Waals surface area contributed by atoms with Crippen molar-refractivity contribution in [3.05, 3.63) is 12.7 Å². The van der Waals surface area contributed by atoms with Crippen molar-refractivity contribution in [2.75, 3.05) is 6.54 Å². The molecule has 2 heteroatoms. The molecule has 9 heavy (non-hydrogen) atoms. The van der Waals surface area contributed by atoms with Gasteiger partial charge in [-0.15, -0.1) is 19.0 Å². The highest BCUT2D eigenvalue weighted by Crippen LogP contribution is 2.06. The normalized spacial score (nSPS) is 26.4. The van der Waals surface area contributed by atoms with Crippen LogP contribution in [0.5, 0.6) is 0 Å². The Balaban J connectivity index is 0.000000640.